The summed E-state index contributed by atoms with van der Waals surface area (Å²) in [6, 6.07) is 12.5. The highest BCUT2D eigenvalue weighted by molar-refractivity contribution is 7.89. The Kier molecular flexibility index (Phi) is 5.06. The van der Waals surface area contributed by atoms with Gasteiger partial charge >= 0.3 is 0 Å². The number of ether oxygens (including phenoxy) is 2. The van der Waals surface area contributed by atoms with Crippen LogP contribution in [0.1, 0.15) is 30.9 Å². The molecule has 0 aliphatic carbocycles. The molecule has 0 amide bonds. The van der Waals surface area contributed by atoms with E-state index in [0.717, 1.165) is 30.4 Å². The van der Waals surface area contributed by atoms with Gasteiger partial charge in [-0.25, -0.2) is 13.1 Å². The largest absolute Gasteiger partial charge is 0.454 e. The van der Waals surface area contributed by atoms with E-state index in [-0.39, 0.29) is 18.2 Å². The molecule has 5 nitrogen and oxygen atoms in total. The normalized spacial score (nSPS) is 13.2. The smallest absolute Gasteiger partial charge is 0.240 e. The molecule has 2 aromatic rings. The summed E-state index contributed by atoms with van der Waals surface area (Å²) < 4.78 is 38.0. The number of nitrogens with one attached hydrogen (secondary N) is 1. The maximum absolute atomic E-state index is 12.4. The first-order chi connectivity index (χ1) is 11.6. The zero-order chi connectivity index (χ0) is 17.0. The summed E-state index contributed by atoms with van der Waals surface area (Å²) in [6.07, 6.45) is 3.20. The first-order valence-electron chi connectivity index (χ1n) is 8.05. The summed E-state index contributed by atoms with van der Waals surface area (Å²) in [6.45, 7) is 2.55. The number of hydrogen-bond donors (Lipinski definition) is 1. The van der Waals surface area contributed by atoms with Crippen molar-refractivity contribution in [1.82, 2.24) is 4.72 Å². The number of hydrogen-bond acceptors (Lipinski definition) is 4. The number of sulfonamides is 1. The summed E-state index contributed by atoms with van der Waals surface area (Å²) in [4.78, 5) is 0.281. The number of unbranched alkanes of at least 4 members (excludes halogenated alkanes) is 1. The molecular formula is C18H21NO4S. The van der Waals surface area contributed by atoms with Crippen molar-refractivity contribution in [2.24, 2.45) is 0 Å². The van der Waals surface area contributed by atoms with Gasteiger partial charge in [0.15, 0.2) is 11.5 Å². The summed E-state index contributed by atoms with van der Waals surface area (Å²) in [7, 11) is -3.53. The van der Waals surface area contributed by atoms with E-state index in [0.29, 0.717) is 11.5 Å². The molecule has 1 heterocycles. The number of fused-ring (bicyclic) bond motifs is 1. The molecule has 0 unspecified atom stereocenters. The average molecular weight is 347 g/mol. The van der Waals surface area contributed by atoms with Crippen LogP contribution in [0.25, 0.3) is 0 Å². The highest BCUT2D eigenvalue weighted by atomic mass is 32.2. The second-order valence-corrected chi connectivity index (χ2v) is 7.53. The third-order valence-corrected chi connectivity index (χ3v) is 5.37. The highest BCUT2D eigenvalue weighted by Gasteiger charge is 2.16. The van der Waals surface area contributed by atoms with Crippen molar-refractivity contribution >= 4 is 10.0 Å². The van der Waals surface area contributed by atoms with Crippen molar-refractivity contribution in [1.29, 1.82) is 0 Å². The Morgan fingerprint density at radius 2 is 1.71 bits per heavy atom. The molecule has 0 atom stereocenters. The molecule has 1 N–H and O–H groups in total. The SMILES string of the molecule is CCCCc1ccc(S(=O)(=O)NCc2ccc3c(c2)OCO3)cc1. The Balaban J connectivity index is 1.65. The van der Waals surface area contributed by atoms with Crippen LogP contribution in [0.3, 0.4) is 0 Å². The van der Waals surface area contributed by atoms with Crippen LogP contribution in [0.2, 0.25) is 0 Å². The van der Waals surface area contributed by atoms with Gasteiger partial charge in [0, 0.05) is 6.54 Å². The second-order valence-electron chi connectivity index (χ2n) is 5.76. The number of rotatable bonds is 7. The van der Waals surface area contributed by atoms with E-state index in [9.17, 15) is 8.42 Å². The summed E-state index contributed by atoms with van der Waals surface area (Å²) in [5.41, 5.74) is 1.98. The molecule has 0 bridgehead atoms. The third kappa shape index (κ3) is 3.88. The zero-order valence-corrected chi connectivity index (χ0v) is 14.4. The third-order valence-electron chi connectivity index (χ3n) is 3.96. The molecule has 1 aliphatic rings. The molecule has 0 spiro atoms. The molecule has 0 aromatic heterocycles. The van der Waals surface area contributed by atoms with Crippen molar-refractivity contribution in [3.8, 4) is 11.5 Å². The van der Waals surface area contributed by atoms with Gasteiger partial charge in [-0.2, -0.15) is 0 Å². The van der Waals surface area contributed by atoms with Gasteiger partial charge in [-0.1, -0.05) is 31.5 Å². The average Bonchev–Trinajstić information content (AvgIpc) is 3.06. The number of benzene rings is 2. The van der Waals surface area contributed by atoms with Crippen molar-refractivity contribution in [2.75, 3.05) is 6.79 Å². The Labute approximate surface area is 142 Å². The molecule has 128 valence electrons. The van der Waals surface area contributed by atoms with Crippen LogP contribution in [0, 0.1) is 0 Å². The number of aryl methyl sites for hydroxylation is 1. The molecule has 1 aliphatic heterocycles. The summed E-state index contributed by atoms with van der Waals surface area (Å²) >= 11 is 0. The second kappa shape index (κ2) is 7.23. The first kappa shape index (κ1) is 16.8. The molecule has 0 saturated carbocycles. The zero-order valence-electron chi connectivity index (χ0n) is 13.6. The van der Waals surface area contributed by atoms with Gasteiger partial charge in [0.05, 0.1) is 4.90 Å². The van der Waals surface area contributed by atoms with Crippen molar-refractivity contribution < 1.29 is 17.9 Å². The van der Waals surface area contributed by atoms with Gasteiger partial charge in [0.2, 0.25) is 16.8 Å². The van der Waals surface area contributed by atoms with E-state index in [1.54, 1.807) is 24.3 Å². The standard InChI is InChI=1S/C18H21NO4S/c1-2-3-4-14-5-8-16(9-6-14)24(20,21)19-12-15-7-10-17-18(11-15)23-13-22-17/h5-11,19H,2-4,12-13H2,1H3. The molecule has 0 radical (unpaired) electrons. The van der Waals surface area contributed by atoms with Gasteiger partial charge in [0.25, 0.3) is 0 Å². The van der Waals surface area contributed by atoms with Crippen LogP contribution < -0.4 is 14.2 Å². The Hall–Kier alpha value is -2.05. The maximum Gasteiger partial charge on any atom is 0.240 e. The minimum absolute atomic E-state index is 0.203. The fourth-order valence-corrected chi connectivity index (χ4v) is 3.55. The van der Waals surface area contributed by atoms with E-state index in [1.165, 1.54) is 0 Å². The lowest BCUT2D eigenvalue weighted by Gasteiger charge is -2.08. The maximum atomic E-state index is 12.4. The molecular weight excluding hydrogens is 326 g/mol. The lowest BCUT2D eigenvalue weighted by molar-refractivity contribution is 0.174. The Morgan fingerprint density at radius 3 is 2.46 bits per heavy atom. The van der Waals surface area contributed by atoms with E-state index in [4.69, 9.17) is 9.47 Å². The monoisotopic (exact) mass is 347 g/mol. The molecule has 3 rings (SSSR count). The molecule has 2 aromatic carbocycles. The predicted octanol–water partition coefficient (Wildman–Crippen LogP) is 3.24. The fraction of sp³-hybridized carbons (Fsp3) is 0.333. The van der Waals surface area contributed by atoms with E-state index in [1.807, 2.05) is 18.2 Å². The molecule has 0 saturated heterocycles. The topological polar surface area (TPSA) is 64.6 Å². The molecule has 24 heavy (non-hydrogen) atoms. The molecule has 0 fully saturated rings. The molecule has 6 heteroatoms. The van der Waals surface area contributed by atoms with Gasteiger partial charge in [-0.05, 0) is 48.2 Å². The minimum Gasteiger partial charge on any atom is -0.454 e. The van der Waals surface area contributed by atoms with Gasteiger partial charge in [-0.3, -0.25) is 0 Å². The van der Waals surface area contributed by atoms with Crippen molar-refractivity contribution in [3.05, 3.63) is 53.6 Å². The van der Waals surface area contributed by atoms with Crippen LogP contribution in [0.15, 0.2) is 47.4 Å². The van der Waals surface area contributed by atoms with Crippen LogP contribution in [0.4, 0.5) is 0 Å². The lowest BCUT2D eigenvalue weighted by atomic mass is 10.1. The van der Waals surface area contributed by atoms with Crippen LogP contribution in [-0.2, 0) is 23.0 Å². The van der Waals surface area contributed by atoms with Crippen molar-refractivity contribution in [3.63, 3.8) is 0 Å². The summed E-state index contributed by atoms with van der Waals surface area (Å²) in [5.74, 6) is 1.33. The summed E-state index contributed by atoms with van der Waals surface area (Å²) in [5, 5.41) is 0. The quantitative estimate of drug-likeness (QED) is 0.835. The van der Waals surface area contributed by atoms with E-state index in [2.05, 4.69) is 11.6 Å². The van der Waals surface area contributed by atoms with Crippen LogP contribution >= 0.6 is 0 Å². The first-order valence-corrected chi connectivity index (χ1v) is 9.54. The Bertz CT molecular complexity index is 800. The lowest BCUT2D eigenvalue weighted by Crippen LogP contribution is -2.23. The van der Waals surface area contributed by atoms with Gasteiger partial charge in [-0.15, -0.1) is 0 Å². The van der Waals surface area contributed by atoms with Crippen LogP contribution in [-0.4, -0.2) is 15.2 Å². The highest BCUT2D eigenvalue weighted by Crippen LogP contribution is 2.32. The fourth-order valence-electron chi connectivity index (χ4n) is 2.53. The predicted molar refractivity (Wildman–Crippen MR) is 91.6 cm³/mol. The van der Waals surface area contributed by atoms with Crippen LogP contribution in [0.5, 0.6) is 11.5 Å². The van der Waals surface area contributed by atoms with Crippen molar-refractivity contribution in [2.45, 2.75) is 37.6 Å². The minimum atomic E-state index is -3.53. The van der Waals surface area contributed by atoms with E-state index < -0.39 is 10.0 Å². The van der Waals surface area contributed by atoms with Gasteiger partial charge in [0.1, 0.15) is 0 Å². The Morgan fingerprint density at radius 1 is 1.00 bits per heavy atom. The van der Waals surface area contributed by atoms with E-state index >= 15 is 0 Å². The van der Waals surface area contributed by atoms with Gasteiger partial charge < -0.3 is 9.47 Å².